The fraction of sp³-hybridized carbons (Fsp3) is 0.0909. The van der Waals surface area contributed by atoms with Crippen LogP contribution in [0.3, 0.4) is 0 Å². The van der Waals surface area contributed by atoms with Crippen molar-refractivity contribution in [1.29, 1.82) is 0 Å². The van der Waals surface area contributed by atoms with Gasteiger partial charge in [-0.3, -0.25) is 0 Å². The maximum absolute atomic E-state index is 4.56. The van der Waals surface area contributed by atoms with Crippen LogP contribution in [-0.4, -0.2) is 29.3 Å². The molecule has 0 spiro atoms. The lowest BCUT2D eigenvalue weighted by Gasteiger charge is -2.20. The molecule has 7 heteroatoms. The maximum atomic E-state index is 4.56. The monoisotopic (exact) mass is 381 g/mol. The number of aryl methyl sites for hydroxylation is 1. The number of nitrogens with one attached hydrogen (secondary N) is 1. The van der Waals surface area contributed by atoms with Gasteiger partial charge in [0.15, 0.2) is 5.65 Å². The van der Waals surface area contributed by atoms with E-state index < -0.39 is 0 Å². The van der Waals surface area contributed by atoms with E-state index in [9.17, 15) is 0 Å². The fourth-order valence-electron chi connectivity index (χ4n) is 3.45. The Morgan fingerprint density at radius 2 is 1.66 bits per heavy atom. The number of imidazole rings is 1. The summed E-state index contributed by atoms with van der Waals surface area (Å²) < 4.78 is 3.83. The van der Waals surface area contributed by atoms with Crippen molar-refractivity contribution in [2.75, 3.05) is 5.32 Å². The zero-order valence-electron chi connectivity index (χ0n) is 15.8. The lowest BCUT2D eigenvalue weighted by atomic mass is 10.1. The van der Waals surface area contributed by atoms with E-state index in [1.807, 2.05) is 71.0 Å². The third-order valence-electron chi connectivity index (χ3n) is 4.90. The molecule has 1 N–H and O–H groups in total. The highest BCUT2D eigenvalue weighted by molar-refractivity contribution is 5.87. The molecular formula is C22H19N7. The van der Waals surface area contributed by atoms with Crippen LogP contribution in [0.25, 0.3) is 16.7 Å². The predicted octanol–water partition coefficient (Wildman–Crippen LogP) is 3.75. The summed E-state index contributed by atoms with van der Waals surface area (Å²) in [6.45, 7) is 0. The van der Waals surface area contributed by atoms with Gasteiger partial charge in [-0.1, -0.05) is 48.5 Å². The number of fused-ring (bicyclic) bond motifs is 1. The van der Waals surface area contributed by atoms with E-state index in [2.05, 4.69) is 37.5 Å². The van der Waals surface area contributed by atoms with E-state index >= 15 is 0 Å². The third-order valence-corrected chi connectivity index (χ3v) is 4.90. The smallest absolute Gasteiger partial charge is 0.168 e. The van der Waals surface area contributed by atoms with Crippen LogP contribution in [0.5, 0.6) is 0 Å². The molecule has 0 bridgehead atoms. The Balaban J connectivity index is 1.60. The quantitative estimate of drug-likeness (QED) is 0.502. The maximum Gasteiger partial charge on any atom is 0.168 e. The molecule has 0 aliphatic rings. The van der Waals surface area contributed by atoms with Crippen molar-refractivity contribution in [3.63, 3.8) is 0 Å². The minimum atomic E-state index is -0.158. The average Bonchev–Trinajstić information content (AvgIpc) is 3.40. The van der Waals surface area contributed by atoms with Crippen molar-refractivity contribution in [3.8, 4) is 5.69 Å². The minimum Gasteiger partial charge on any atom is -0.356 e. The highest BCUT2D eigenvalue weighted by Gasteiger charge is 2.21. The first-order chi connectivity index (χ1) is 14.3. The van der Waals surface area contributed by atoms with Crippen LogP contribution >= 0.6 is 0 Å². The molecule has 1 unspecified atom stereocenters. The Labute approximate surface area is 167 Å². The summed E-state index contributed by atoms with van der Waals surface area (Å²) in [5.74, 6) is 1.62. The van der Waals surface area contributed by atoms with E-state index in [0.29, 0.717) is 5.82 Å². The van der Waals surface area contributed by atoms with Gasteiger partial charge in [0.25, 0.3) is 0 Å². The van der Waals surface area contributed by atoms with Gasteiger partial charge in [-0.25, -0.2) is 19.6 Å². The second-order valence-electron chi connectivity index (χ2n) is 6.74. The molecule has 5 aromatic rings. The van der Waals surface area contributed by atoms with Gasteiger partial charge in [0.2, 0.25) is 0 Å². The Hall–Kier alpha value is -4.00. The van der Waals surface area contributed by atoms with Crippen LogP contribution in [0, 0.1) is 0 Å². The van der Waals surface area contributed by atoms with Crippen LogP contribution in [0.4, 0.5) is 5.82 Å². The first kappa shape index (κ1) is 17.1. The standard InChI is InChI=1S/C22H19N7/c1-28-13-12-23-22(28)19(16-8-4-2-5-9-16)27-20-18-14-26-29(21(18)25-15-24-20)17-10-6-3-7-11-17/h2-15,19H,1H3,(H,24,25,27). The van der Waals surface area contributed by atoms with E-state index in [0.717, 1.165) is 28.1 Å². The summed E-state index contributed by atoms with van der Waals surface area (Å²) in [5, 5.41) is 8.95. The van der Waals surface area contributed by atoms with Crippen molar-refractivity contribution in [2.45, 2.75) is 6.04 Å². The molecule has 3 aromatic heterocycles. The summed E-state index contributed by atoms with van der Waals surface area (Å²) in [4.78, 5) is 13.5. The van der Waals surface area contributed by atoms with E-state index in [-0.39, 0.29) is 6.04 Å². The van der Waals surface area contributed by atoms with Crippen LogP contribution in [0.1, 0.15) is 17.4 Å². The summed E-state index contributed by atoms with van der Waals surface area (Å²) in [6, 6.07) is 20.0. The highest BCUT2D eigenvalue weighted by atomic mass is 15.3. The van der Waals surface area contributed by atoms with Gasteiger partial charge in [0, 0.05) is 19.4 Å². The SMILES string of the molecule is Cn1ccnc1C(Nc1ncnc2c1cnn2-c1ccccc1)c1ccccc1. The van der Waals surface area contributed by atoms with Crippen LogP contribution in [-0.2, 0) is 7.05 Å². The molecule has 29 heavy (non-hydrogen) atoms. The van der Waals surface area contributed by atoms with E-state index in [1.54, 1.807) is 18.7 Å². The predicted molar refractivity (Wildman–Crippen MR) is 112 cm³/mol. The van der Waals surface area contributed by atoms with Gasteiger partial charge in [0.1, 0.15) is 24.0 Å². The van der Waals surface area contributed by atoms with Crippen LogP contribution in [0.15, 0.2) is 85.6 Å². The molecule has 0 saturated carbocycles. The highest BCUT2D eigenvalue weighted by Crippen LogP contribution is 2.28. The van der Waals surface area contributed by atoms with Gasteiger partial charge >= 0.3 is 0 Å². The molecule has 0 saturated heterocycles. The summed E-state index contributed by atoms with van der Waals surface area (Å²) in [6.07, 6.45) is 7.10. The van der Waals surface area contributed by atoms with Gasteiger partial charge in [-0.2, -0.15) is 5.10 Å². The molecule has 0 aliphatic carbocycles. The number of nitrogens with zero attached hydrogens (tertiary/aromatic N) is 6. The van der Waals surface area contributed by atoms with Crippen molar-refractivity contribution in [1.82, 2.24) is 29.3 Å². The topological polar surface area (TPSA) is 73.5 Å². The summed E-state index contributed by atoms with van der Waals surface area (Å²) in [5.41, 5.74) is 2.81. The molecule has 142 valence electrons. The molecule has 5 rings (SSSR count). The zero-order valence-corrected chi connectivity index (χ0v) is 15.8. The number of para-hydroxylation sites is 1. The normalized spacial score (nSPS) is 12.2. The average molecular weight is 381 g/mol. The van der Waals surface area contributed by atoms with Crippen molar-refractivity contribution < 1.29 is 0 Å². The largest absolute Gasteiger partial charge is 0.356 e. The molecule has 0 amide bonds. The van der Waals surface area contributed by atoms with Crippen molar-refractivity contribution >= 4 is 16.9 Å². The van der Waals surface area contributed by atoms with Crippen molar-refractivity contribution in [2.24, 2.45) is 7.05 Å². The van der Waals surface area contributed by atoms with Gasteiger partial charge in [-0.05, 0) is 17.7 Å². The molecule has 2 aromatic carbocycles. The molecule has 0 fully saturated rings. The molecule has 0 aliphatic heterocycles. The number of hydrogen-bond donors (Lipinski definition) is 1. The van der Waals surface area contributed by atoms with Crippen molar-refractivity contribution in [3.05, 3.63) is 97.0 Å². The minimum absolute atomic E-state index is 0.158. The molecule has 1 atom stereocenters. The number of aromatic nitrogens is 6. The van der Waals surface area contributed by atoms with Crippen LogP contribution < -0.4 is 5.32 Å². The second kappa shape index (κ2) is 7.20. The number of anilines is 1. The number of hydrogen-bond acceptors (Lipinski definition) is 5. The first-order valence-electron chi connectivity index (χ1n) is 9.34. The Bertz CT molecular complexity index is 1240. The van der Waals surface area contributed by atoms with Crippen LogP contribution in [0.2, 0.25) is 0 Å². The van der Waals surface area contributed by atoms with Gasteiger partial charge in [-0.15, -0.1) is 0 Å². The number of rotatable bonds is 5. The summed E-state index contributed by atoms with van der Waals surface area (Å²) in [7, 11) is 1.99. The molecule has 3 heterocycles. The zero-order chi connectivity index (χ0) is 19.6. The summed E-state index contributed by atoms with van der Waals surface area (Å²) >= 11 is 0. The van der Waals surface area contributed by atoms with Gasteiger partial charge in [0.05, 0.1) is 17.3 Å². The van der Waals surface area contributed by atoms with Gasteiger partial charge < -0.3 is 9.88 Å². The molecule has 0 radical (unpaired) electrons. The Morgan fingerprint density at radius 3 is 2.38 bits per heavy atom. The lowest BCUT2D eigenvalue weighted by Crippen LogP contribution is -2.17. The molecular weight excluding hydrogens is 362 g/mol. The van der Waals surface area contributed by atoms with E-state index in [1.165, 1.54) is 0 Å². The second-order valence-corrected chi connectivity index (χ2v) is 6.74. The van der Waals surface area contributed by atoms with E-state index in [4.69, 9.17) is 0 Å². The fourth-order valence-corrected chi connectivity index (χ4v) is 3.45. The number of benzene rings is 2. The first-order valence-corrected chi connectivity index (χ1v) is 9.34. The lowest BCUT2D eigenvalue weighted by molar-refractivity contribution is 0.746. The molecule has 7 nitrogen and oxygen atoms in total. The third kappa shape index (κ3) is 3.12. The Kier molecular flexibility index (Phi) is 4.25. The Morgan fingerprint density at radius 1 is 0.897 bits per heavy atom.